The van der Waals surface area contributed by atoms with Crippen molar-refractivity contribution < 1.29 is 4.79 Å². The maximum Gasteiger partial charge on any atom is 0.223 e. The summed E-state index contributed by atoms with van der Waals surface area (Å²) < 4.78 is 0. The van der Waals surface area contributed by atoms with Crippen molar-refractivity contribution in [1.82, 2.24) is 5.32 Å². The van der Waals surface area contributed by atoms with E-state index in [1.54, 1.807) is 0 Å². The molecule has 3 aliphatic rings. The minimum Gasteiger partial charge on any atom is -0.353 e. The van der Waals surface area contributed by atoms with Gasteiger partial charge in [-0.2, -0.15) is 0 Å². The number of amides is 1. The van der Waals surface area contributed by atoms with Crippen LogP contribution in [0.1, 0.15) is 53.4 Å². The molecule has 17 heavy (non-hydrogen) atoms. The second kappa shape index (κ2) is 3.27. The van der Waals surface area contributed by atoms with Crippen molar-refractivity contribution in [3.05, 3.63) is 0 Å². The van der Waals surface area contributed by atoms with Crippen molar-refractivity contribution in [1.29, 1.82) is 0 Å². The average Bonchev–Trinajstić information content (AvgIpc) is 2.89. The van der Waals surface area contributed by atoms with Gasteiger partial charge < -0.3 is 5.32 Å². The van der Waals surface area contributed by atoms with Gasteiger partial charge in [0.15, 0.2) is 0 Å². The Labute approximate surface area is 105 Å². The van der Waals surface area contributed by atoms with Crippen LogP contribution in [0.4, 0.5) is 0 Å². The van der Waals surface area contributed by atoms with E-state index in [1.165, 1.54) is 19.3 Å². The fourth-order valence-electron chi connectivity index (χ4n) is 4.39. The summed E-state index contributed by atoms with van der Waals surface area (Å²) in [7, 11) is 0. The van der Waals surface area contributed by atoms with Crippen LogP contribution in [0.2, 0.25) is 0 Å². The highest BCUT2D eigenvalue weighted by Crippen LogP contribution is 2.65. The zero-order valence-electron chi connectivity index (χ0n) is 11.5. The van der Waals surface area contributed by atoms with Gasteiger partial charge in [-0.05, 0) is 48.3 Å². The van der Waals surface area contributed by atoms with Gasteiger partial charge in [0.2, 0.25) is 5.91 Å². The first-order chi connectivity index (χ1) is 7.86. The third kappa shape index (κ3) is 1.42. The average molecular weight is 235 g/mol. The minimum absolute atomic E-state index is 0.320. The Morgan fingerprint density at radius 2 is 1.88 bits per heavy atom. The molecule has 5 unspecified atom stereocenters. The Kier molecular flexibility index (Phi) is 2.22. The van der Waals surface area contributed by atoms with Gasteiger partial charge in [-0.15, -0.1) is 0 Å². The predicted molar refractivity (Wildman–Crippen MR) is 68.4 cm³/mol. The van der Waals surface area contributed by atoms with E-state index in [1.807, 2.05) is 0 Å². The molecule has 3 aliphatic carbocycles. The molecule has 2 heteroatoms. The monoisotopic (exact) mass is 235 g/mol. The maximum atomic E-state index is 12.1. The zero-order valence-corrected chi connectivity index (χ0v) is 11.5. The third-order valence-corrected chi connectivity index (χ3v) is 6.56. The van der Waals surface area contributed by atoms with E-state index in [0.29, 0.717) is 34.6 Å². The summed E-state index contributed by atoms with van der Waals surface area (Å²) in [6.07, 6.45) is 4.95. The van der Waals surface area contributed by atoms with Crippen LogP contribution in [-0.2, 0) is 4.79 Å². The Bertz CT molecular complexity index is 362. The number of nitrogens with one attached hydrogen (secondary N) is 1. The fraction of sp³-hybridized carbons (Fsp3) is 0.933. The van der Waals surface area contributed by atoms with E-state index in [9.17, 15) is 4.79 Å². The van der Waals surface area contributed by atoms with Crippen molar-refractivity contribution >= 4 is 5.91 Å². The molecule has 0 spiro atoms. The summed E-state index contributed by atoms with van der Waals surface area (Å²) in [5.41, 5.74) is 0.728. The van der Waals surface area contributed by atoms with E-state index in [0.717, 1.165) is 12.3 Å². The topological polar surface area (TPSA) is 29.1 Å². The van der Waals surface area contributed by atoms with Crippen molar-refractivity contribution in [3.8, 4) is 0 Å². The number of fused-ring (bicyclic) bond motifs is 2. The van der Waals surface area contributed by atoms with Crippen LogP contribution >= 0.6 is 0 Å². The highest BCUT2D eigenvalue weighted by Gasteiger charge is 2.61. The van der Waals surface area contributed by atoms with Gasteiger partial charge >= 0.3 is 0 Å². The molecule has 3 fully saturated rings. The SMILES string of the molecule is CC1CC1C(=O)NC1CC2CCC1(C)C2(C)C. The van der Waals surface area contributed by atoms with Gasteiger partial charge in [0.05, 0.1) is 0 Å². The molecule has 3 saturated carbocycles. The lowest BCUT2D eigenvalue weighted by molar-refractivity contribution is -0.124. The van der Waals surface area contributed by atoms with Crippen molar-refractivity contribution in [2.24, 2.45) is 28.6 Å². The lowest BCUT2D eigenvalue weighted by Gasteiger charge is -2.39. The predicted octanol–water partition coefficient (Wildman–Crippen LogP) is 2.97. The molecule has 3 rings (SSSR count). The van der Waals surface area contributed by atoms with Crippen LogP contribution in [0.3, 0.4) is 0 Å². The molecule has 2 nitrogen and oxygen atoms in total. The van der Waals surface area contributed by atoms with E-state index in [4.69, 9.17) is 0 Å². The Morgan fingerprint density at radius 3 is 2.29 bits per heavy atom. The second-order valence-corrected chi connectivity index (χ2v) is 7.49. The molecule has 96 valence electrons. The van der Waals surface area contributed by atoms with Gasteiger partial charge in [-0.3, -0.25) is 4.79 Å². The summed E-state index contributed by atoms with van der Waals surface area (Å²) in [5.74, 6) is 2.08. The molecular formula is C15H25NO. The van der Waals surface area contributed by atoms with Gasteiger partial charge in [-0.25, -0.2) is 0 Å². The van der Waals surface area contributed by atoms with E-state index >= 15 is 0 Å². The first-order valence-corrected chi connectivity index (χ1v) is 7.16. The maximum absolute atomic E-state index is 12.1. The second-order valence-electron chi connectivity index (χ2n) is 7.49. The lowest BCUT2D eigenvalue weighted by atomic mass is 9.69. The van der Waals surface area contributed by atoms with Crippen molar-refractivity contribution in [3.63, 3.8) is 0 Å². The fourth-order valence-corrected chi connectivity index (χ4v) is 4.39. The largest absolute Gasteiger partial charge is 0.353 e. The molecule has 5 atom stereocenters. The van der Waals surface area contributed by atoms with Crippen LogP contribution in [0.15, 0.2) is 0 Å². The van der Waals surface area contributed by atoms with Gasteiger partial charge in [0, 0.05) is 12.0 Å². The molecule has 0 heterocycles. The number of carbonyl (C=O) groups is 1. The highest BCUT2D eigenvalue weighted by molar-refractivity contribution is 5.81. The van der Waals surface area contributed by atoms with Gasteiger partial charge in [-0.1, -0.05) is 27.7 Å². The first-order valence-electron chi connectivity index (χ1n) is 7.16. The normalized spacial score (nSPS) is 50.4. The van der Waals surface area contributed by atoms with Crippen LogP contribution < -0.4 is 5.32 Å². The Morgan fingerprint density at radius 1 is 1.24 bits per heavy atom. The summed E-state index contributed by atoms with van der Waals surface area (Å²) in [6.45, 7) is 9.37. The molecule has 1 N–H and O–H groups in total. The molecule has 2 bridgehead atoms. The number of carbonyl (C=O) groups excluding carboxylic acids is 1. The molecule has 0 aromatic heterocycles. The molecule has 0 aromatic rings. The van der Waals surface area contributed by atoms with E-state index < -0.39 is 0 Å². The number of rotatable bonds is 2. The minimum atomic E-state index is 0.320. The Balaban J connectivity index is 1.72. The molecule has 0 saturated heterocycles. The highest BCUT2D eigenvalue weighted by atomic mass is 16.2. The van der Waals surface area contributed by atoms with Crippen LogP contribution in [0, 0.1) is 28.6 Å². The van der Waals surface area contributed by atoms with E-state index in [-0.39, 0.29) is 0 Å². The quantitative estimate of drug-likeness (QED) is 0.783. The molecular weight excluding hydrogens is 210 g/mol. The van der Waals surface area contributed by atoms with Gasteiger partial charge in [0.1, 0.15) is 0 Å². The standard InChI is InChI=1S/C15H25NO/c1-9-7-11(9)13(17)16-12-8-10-5-6-15(12,4)14(10,2)3/h9-12H,5-8H2,1-4H3,(H,16,17). The summed E-state index contributed by atoms with van der Waals surface area (Å²) in [6, 6.07) is 0.427. The van der Waals surface area contributed by atoms with Crippen LogP contribution in [0.25, 0.3) is 0 Å². The van der Waals surface area contributed by atoms with Crippen LogP contribution in [-0.4, -0.2) is 11.9 Å². The van der Waals surface area contributed by atoms with Crippen LogP contribution in [0.5, 0.6) is 0 Å². The van der Waals surface area contributed by atoms with Crippen molar-refractivity contribution in [2.75, 3.05) is 0 Å². The molecule has 0 aromatic carbocycles. The molecule has 0 aliphatic heterocycles. The number of hydrogen-bond acceptors (Lipinski definition) is 1. The summed E-state index contributed by atoms with van der Waals surface area (Å²) in [4.78, 5) is 12.1. The zero-order chi connectivity index (χ0) is 12.4. The van der Waals surface area contributed by atoms with E-state index in [2.05, 4.69) is 33.0 Å². The third-order valence-electron chi connectivity index (χ3n) is 6.56. The first kappa shape index (κ1) is 11.6. The van der Waals surface area contributed by atoms with Crippen molar-refractivity contribution in [2.45, 2.75) is 59.4 Å². The lowest BCUT2D eigenvalue weighted by Crippen LogP contribution is -2.47. The molecule has 0 radical (unpaired) electrons. The summed E-state index contributed by atoms with van der Waals surface area (Å²) >= 11 is 0. The molecule has 1 amide bonds. The Hall–Kier alpha value is -0.530. The van der Waals surface area contributed by atoms with Gasteiger partial charge in [0.25, 0.3) is 0 Å². The smallest absolute Gasteiger partial charge is 0.223 e. The number of hydrogen-bond donors (Lipinski definition) is 1. The summed E-state index contributed by atoms with van der Waals surface area (Å²) in [5, 5.41) is 3.36.